The van der Waals surface area contributed by atoms with Crippen molar-refractivity contribution in [2.24, 2.45) is 0 Å². The van der Waals surface area contributed by atoms with Crippen LogP contribution in [-0.2, 0) is 16.1 Å². The molecule has 0 aromatic heterocycles. The van der Waals surface area contributed by atoms with Gasteiger partial charge in [-0.3, -0.25) is 0 Å². The maximum absolute atomic E-state index is 12.0. The molecule has 3 heteroatoms. The van der Waals surface area contributed by atoms with Crippen LogP contribution < -0.4 is 4.90 Å². The standard InChI is InChI=1S/C23H27NO2/c1-3-5-14-24(17-23(25)26-4-2)16-19-15-18-10-6-7-11-20(18)22-13-9-8-12-21(19)22/h6-13,15H,3-5,14,16-17H2,1-2H3/p+1. The van der Waals surface area contributed by atoms with Crippen molar-refractivity contribution in [1.82, 2.24) is 0 Å². The van der Waals surface area contributed by atoms with E-state index in [4.69, 9.17) is 4.74 Å². The second-order valence-corrected chi connectivity index (χ2v) is 6.81. The molecular formula is C23H28NO2+. The molecule has 0 spiro atoms. The van der Waals surface area contributed by atoms with Crippen LogP contribution in [0.5, 0.6) is 0 Å². The smallest absolute Gasteiger partial charge is 0.361 e. The van der Waals surface area contributed by atoms with Gasteiger partial charge < -0.3 is 9.64 Å². The molecule has 0 fully saturated rings. The predicted octanol–water partition coefficient (Wildman–Crippen LogP) is 3.74. The minimum absolute atomic E-state index is 0.108. The van der Waals surface area contributed by atoms with Gasteiger partial charge in [-0.15, -0.1) is 0 Å². The topological polar surface area (TPSA) is 30.7 Å². The van der Waals surface area contributed by atoms with Gasteiger partial charge in [0.15, 0.2) is 6.54 Å². The van der Waals surface area contributed by atoms with E-state index in [9.17, 15) is 4.79 Å². The van der Waals surface area contributed by atoms with Crippen LogP contribution in [0.2, 0.25) is 0 Å². The average Bonchev–Trinajstić information content (AvgIpc) is 2.66. The highest BCUT2D eigenvalue weighted by molar-refractivity contribution is 6.08. The van der Waals surface area contributed by atoms with E-state index in [-0.39, 0.29) is 5.97 Å². The number of benzene rings is 3. The van der Waals surface area contributed by atoms with Crippen molar-refractivity contribution in [3.05, 3.63) is 60.2 Å². The molecule has 136 valence electrons. The summed E-state index contributed by atoms with van der Waals surface area (Å²) in [7, 11) is 0. The van der Waals surface area contributed by atoms with E-state index < -0.39 is 0 Å². The zero-order valence-electron chi connectivity index (χ0n) is 15.8. The fourth-order valence-corrected chi connectivity index (χ4v) is 3.63. The summed E-state index contributed by atoms with van der Waals surface area (Å²) in [6.07, 6.45) is 2.24. The van der Waals surface area contributed by atoms with Crippen LogP contribution in [-0.4, -0.2) is 25.7 Å². The van der Waals surface area contributed by atoms with E-state index in [1.54, 1.807) is 0 Å². The summed E-state index contributed by atoms with van der Waals surface area (Å²) >= 11 is 0. The minimum atomic E-state index is -0.108. The molecule has 0 saturated carbocycles. The van der Waals surface area contributed by atoms with Gasteiger partial charge in [-0.25, -0.2) is 4.79 Å². The van der Waals surface area contributed by atoms with Crippen LogP contribution in [0.3, 0.4) is 0 Å². The summed E-state index contributed by atoms with van der Waals surface area (Å²) in [5.74, 6) is -0.108. The van der Waals surface area contributed by atoms with E-state index in [2.05, 4.69) is 61.5 Å². The average molecular weight is 350 g/mol. The molecular weight excluding hydrogens is 322 g/mol. The Morgan fingerprint density at radius 2 is 1.65 bits per heavy atom. The van der Waals surface area contributed by atoms with Gasteiger partial charge in [-0.05, 0) is 41.0 Å². The lowest BCUT2D eigenvalue weighted by Gasteiger charge is -2.20. The Labute approximate surface area is 155 Å². The molecule has 0 aliphatic heterocycles. The lowest BCUT2D eigenvalue weighted by molar-refractivity contribution is -0.906. The van der Waals surface area contributed by atoms with Crippen LogP contribution in [0.15, 0.2) is 54.6 Å². The number of hydrogen-bond acceptors (Lipinski definition) is 2. The number of hydrogen-bond donors (Lipinski definition) is 1. The lowest BCUT2D eigenvalue weighted by Crippen LogP contribution is -3.11. The number of fused-ring (bicyclic) bond motifs is 3. The third-order valence-electron chi connectivity index (χ3n) is 4.88. The first-order chi connectivity index (χ1) is 12.7. The molecule has 3 nitrogen and oxygen atoms in total. The number of esters is 1. The van der Waals surface area contributed by atoms with Gasteiger partial charge in [-0.1, -0.05) is 61.9 Å². The number of ether oxygens (including phenoxy) is 1. The summed E-state index contributed by atoms with van der Waals surface area (Å²) < 4.78 is 5.19. The Morgan fingerprint density at radius 3 is 2.38 bits per heavy atom. The molecule has 3 aromatic rings. The van der Waals surface area contributed by atoms with E-state index >= 15 is 0 Å². The van der Waals surface area contributed by atoms with Crippen LogP contribution in [0.4, 0.5) is 0 Å². The molecule has 26 heavy (non-hydrogen) atoms. The van der Waals surface area contributed by atoms with E-state index in [1.807, 2.05) is 6.92 Å². The van der Waals surface area contributed by atoms with Gasteiger partial charge in [0, 0.05) is 5.56 Å². The van der Waals surface area contributed by atoms with Crippen LogP contribution in [0.25, 0.3) is 21.5 Å². The van der Waals surface area contributed by atoms with Gasteiger partial charge in [0.25, 0.3) is 0 Å². The van der Waals surface area contributed by atoms with E-state index in [1.165, 1.54) is 32.0 Å². The number of quaternary nitrogens is 1. The van der Waals surface area contributed by atoms with Crippen molar-refractivity contribution < 1.29 is 14.4 Å². The van der Waals surface area contributed by atoms with Gasteiger partial charge in [-0.2, -0.15) is 0 Å². The van der Waals surface area contributed by atoms with Crippen molar-refractivity contribution in [2.75, 3.05) is 19.7 Å². The zero-order valence-corrected chi connectivity index (χ0v) is 15.8. The third-order valence-corrected chi connectivity index (χ3v) is 4.88. The number of nitrogens with one attached hydrogen (secondary N) is 1. The number of carbonyl (C=O) groups is 1. The highest BCUT2D eigenvalue weighted by atomic mass is 16.5. The molecule has 0 bridgehead atoms. The lowest BCUT2D eigenvalue weighted by atomic mass is 9.97. The largest absolute Gasteiger partial charge is 0.462 e. The van der Waals surface area contributed by atoms with Gasteiger partial charge in [0.2, 0.25) is 0 Å². The molecule has 0 amide bonds. The normalized spacial score (nSPS) is 12.4. The first-order valence-electron chi connectivity index (χ1n) is 9.61. The SMILES string of the molecule is CCCC[NH+](CC(=O)OCC)Cc1cc2ccccc2c2ccccc12. The summed E-state index contributed by atoms with van der Waals surface area (Å²) in [5, 5.41) is 5.11. The maximum atomic E-state index is 12.0. The summed E-state index contributed by atoms with van der Waals surface area (Å²) in [6.45, 7) is 6.74. The molecule has 0 aliphatic carbocycles. The highest BCUT2D eigenvalue weighted by Crippen LogP contribution is 2.28. The van der Waals surface area contributed by atoms with Crippen LogP contribution in [0.1, 0.15) is 32.3 Å². The highest BCUT2D eigenvalue weighted by Gasteiger charge is 2.17. The molecule has 3 aromatic carbocycles. The zero-order chi connectivity index (χ0) is 18.4. The van der Waals surface area contributed by atoms with Crippen LogP contribution >= 0.6 is 0 Å². The third kappa shape index (κ3) is 4.23. The van der Waals surface area contributed by atoms with Crippen LogP contribution in [0, 0.1) is 0 Å². The molecule has 0 radical (unpaired) electrons. The first kappa shape index (κ1) is 18.4. The van der Waals surface area contributed by atoms with Gasteiger partial charge in [0.05, 0.1) is 13.2 Å². The Balaban J connectivity index is 1.96. The summed E-state index contributed by atoms with van der Waals surface area (Å²) in [4.78, 5) is 13.3. The maximum Gasteiger partial charge on any atom is 0.361 e. The second-order valence-electron chi connectivity index (χ2n) is 6.81. The van der Waals surface area contributed by atoms with Gasteiger partial charge >= 0.3 is 5.97 Å². The molecule has 0 heterocycles. The first-order valence-corrected chi connectivity index (χ1v) is 9.61. The number of carbonyl (C=O) groups excluding carboxylic acids is 1. The molecule has 1 unspecified atom stereocenters. The van der Waals surface area contributed by atoms with Crippen molar-refractivity contribution >= 4 is 27.5 Å². The monoisotopic (exact) mass is 350 g/mol. The van der Waals surface area contributed by atoms with Crippen molar-refractivity contribution in [1.29, 1.82) is 0 Å². The Hall–Kier alpha value is -2.39. The van der Waals surface area contributed by atoms with Crippen molar-refractivity contribution in [3.63, 3.8) is 0 Å². The summed E-state index contributed by atoms with van der Waals surface area (Å²) in [5.41, 5.74) is 1.30. The minimum Gasteiger partial charge on any atom is -0.462 e. The Morgan fingerprint density at radius 1 is 0.962 bits per heavy atom. The number of rotatable bonds is 8. The predicted molar refractivity (Wildman–Crippen MR) is 107 cm³/mol. The second kappa shape index (κ2) is 8.81. The Kier molecular flexibility index (Phi) is 6.24. The van der Waals surface area contributed by atoms with Crippen molar-refractivity contribution in [3.8, 4) is 0 Å². The molecule has 1 N–H and O–H groups in total. The summed E-state index contributed by atoms with van der Waals surface area (Å²) in [6, 6.07) is 19.4. The fraction of sp³-hybridized carbons (Fsp3) is 0.348. The molecule has 1 atom stereocenters. The van der Waals surface area contributed by atoms with E-state index in [0.29, 0.717) is 13.2 Å². The molecule has 0 aliphatic rings. The Bertz CT molecular complexity index is 888. The quantitative estimate of drug-likeness (QED) is 0.496. The fourth-order valence-electron chi connectivity index (χ4n) is 3.63. The molecule has 3 rings (SSSR count). The van der Waals surface area contributed by atoms with E-state index in [0.717, 1.165) is 25.9 Å². The molecule has 0 saturated heterocycles. The van der Waals surface area contributed by atoms with Gasteiger partial charge in [0.1, 0.15) is 6.54 Å². The van der Waals surface area contributed by atoms with Crippen molar-refractivity contribution in [2.45, 2.75) is 33.2 Å². The number of unbranched alkanes of at least 4 members (excludes halogenated alkanes) is 1.